The average Bonchev–Trinajstić information content (AvgIpc) is 3.49. The summed E-state index contributed by atoms with van der Waals surface area (Å²) in [6.45, 7) is 4.02. The van der Waals surface area contributed by atoms with Crippen molar-refractivity contribution >= 4 is 27.6 Å². The molecule has 0 amide bonds. The number of fused-ring (bicyclic) bond motifs is 2. The van der Waals surface area contributed by atoms with Crippen molar-refractivity contribution in [2.75, 3.05) is 5.32 Å². The Hall–Kier alpha value is -4.73. The number of imidazole rings is 1. The van der Waals surface area contributed by atoms with Gasteiger partial charge >= 0.3 is 0 Å². The first-order chi connectivity index (χ1) is 17.5. The summed E-state index contributed by atoms with van der Waals surface area (Å²) in [5, 5.41) is 10.6. The minimum Gasteiger partial charge on any atom is -0.382 e. The van der Waals surface area contributed by atoms with Gasteiger partial charge in [-0.25, -0.2) is 13.8 Å². The highest BCUT2D eigenvalue weighted by Gasteiger charge is 2.22. The van der Waals surface area contributed by atoms with Gasteiger partial charge in [-0.2, -0.15) is 5.10 Å². The fourth-order valence-corrected chi connectivity index (χ4v) is 4.23. The number of hydrogen-bond acceptors (Lipinski definition) is 6. The second-order valence-corrected chi connectivity index (χ2v) is 8.66. The Bertz CT molecular complexity index is 1740. The molecule has 0 fully saturated rings. The van der Waals surface area contributed by atoms with Crippen LogP contribution in [-0.4, -0.2) is 41.2 Å². The van der Waals surface area contributed by atoms with Crippen LogP contribution in [0.25, 0.3) is 56.0 Å². The molecule has 0 aliphatic heterocycles. The zero-order chi connectivity index (χ0) is 24.8. The van der Waals surface area contributed by atoms with Crippen molar-refractivity contribution in [1.29, 1.82) is 0 Å². The van der Waals surface area contributed by atoms with Gasteiger partial charge in [0.05, 0.1) is 28.3 Å². The maximum absolute atomic E-state index is 15.9. The molecule has 6 rings (SSSR count). The highest BCUT2D eigenvalue weighted by molar-refractivity contribution is 5.97. The van der Waals surface area contributed by atoms with E-state index in [1.54, 1.807) is 48.9 Å². The molecule has 0 bridgehead atoms. The molecular weight excluding hydrogens is 462 g/mol. The number of H-pyrrole nitrogens is 2. The monoisotopic (exact) mass is 482 g/mol. The summed E-state index contributed by atoms with van der Waals surface area (Å²) >= 11 is 0. The summed E-state index contributed by atoms with van der Waals surface area (Å²) < 4.78 is 30.4. The number of nitrogens with zero attached hydrogens (tertiary/aromatic N) is 5. The first-order valence-electron chi connectivity index (χ1n) is 11.3. The molecule has 0 radical (unpaired) electrons. The first-order valence-corrected chi connectivity index (χ1v) is 11.3. The fraction of sp³-hybridized carbons (Fsp3) is 0.115. The number of pyridine rings is 3. The Kier molecular flexibility index (Phi) is 5.14. The van der Waals surface area contributed by atoms with Crippen LogP contribution < -0.4 is 5.32 Å². The molecule has 10 heteroatoms. The molecule has 0 aliphatic carbocycles. The second-order valence-electron chi connectivity index (χ2n) is 8.66. The Morgan fingerprint density at radius 1 is 0.917 bits per heavy atom. The lowest BCUT2D eigenvalue weighted by Crippen LogP contribution is -2.09. The molecule has 0 unspecified atom stereocenters. The minimum atomic E-state index is -0.548. The molecule has 1 aromatic carbocycles. The third-order valence-corrected chi connectivity index (χ3v) is 5.77. The van der Waals surface area contributed by atoms with E-state index in [0.29, 0.717) is 39.2 Å². The van der Waals surface area contributed by atoms with Crippen LogP contribution in [0.3, 0.4) is 0 Å². The summed E-state index contributed by atoms with van der Waals surface area (Å²) in [6, 6.07) is 10.1. The number of anilines is 1. The number of rotatable bonds is 5. The van der Waals surface area contributed by atoms with E-state index in [1.165, 1.54) is 12.3 Å². The van der Waals surface area contributed by atoms with Crippen molar-refractivity contribution in [1.82, 2.24) is 35.1 Å². The van der Waals surface area contributed by atoms with Gasteiger partial charge in [0.1, 0.15) is 28.4 Å². The lowest BCUT2D eigenvalue weighted by molar-refractivity contribution is 0.631. The maximum Gasteiger partial charge on any atom is 0.161 e. The van der Waals surface area contributed by atoms with Crippen LogP contribution >= 0.6 is 0 Å². The molecule has 0 spiro atoms. The van der Waals surface area contributed by atoms with E-state index in [0.717, 1.165) is 5.69 Å². The molecule has 5 aromatic heterocycles. The molecule has 5 heterocycles. The average molecular weight is 482 g/mol. The summed E-state index contributed by atoms with van der Waals surface area (Å²) in [5.41, 5.74) is 3.94. The lowest BCUT2D eigenvalue weighted by atomic mass is 10.1. The fourth-order valence-electron chi connectivity index (χ4n) is 4.23. The first kappa shape index (κ1) is 21.8. The number of halogens is 2. The van der Waals surface area contributed by atoms with Gasteiger partial charge in [-0.3, -0.25) is 20.1 Å². The summed E-state index contributed by atoms with van der Waals surface area (Å²) in [4.78, 5) is 20.7. The van der Waals surface area contributed by atoms with Crippen LogP contribution in [0.2, 0.25) is 0 Å². The molecule has 8 nitrogen and oxygen atoms in total. The van der Waals surface area contributed by atoms with E-state index in [4.69, 9.17) is 0 Å². The zero-order valence-corrected chi connectivity index (χ0v) is 19.3. The molecule has 6 aromatic rings. The molecule has 178 valence electrons. The van der Waals surface area contributed by atoms with E-state index >= 15 is 4.39 Å². The SMILES string of the molecule is CC(C)Nc1cncc(-c2ncc3[nH]nc(-c4nc5c(-c6ccccc6F)nccc5[nH]4)c3c2F)c1. The summed E-state index contributed by atoms with van der Waals surface area (Å²) in [7, 11) is 0. The van der Waals surface area contributed by atoms with Crippen molar-refractivity contribution in [2.45, 2.75) is 19.9 Å². The Labute approximate surface area is 203 Å². The van der Waals surface area contributed by atoms with Crippen molar-refractivity contribution in [2.24, 2.45) is 0 Å². The van der Waals surface area contributed by atoms with E-state index in [9.17, 15) is 4.39 Å². The smallest absolute Gasteiger partial charge is 0.161 e. The predicted molar refractivity (Wildman–Crippen MR) is 134 cm³/mol. The molecule has 0 aliphatic rings. The van der Waals surface area contributed by atoms with Gasteiger partial charge in [0.25, 0.3) is 0 Å². The quantitative estimate of drug-likeness (QED) is 0.290. The van der Waals surface area contributed by atoms with Crippen LogP contribution in [0, 0.1) is 11.6 Å². The van der Waals surface area contributed by atoms with Crippen LogP contribution in [0.15, 0.2) is 61.2 Å². The molecular formula is C26H20F2N8. The van der Waals surface area contributed by atoms with Crippen molar-refractivity contribution in [3.8, 4) is 34.0 Å². The topological polar surface area (TPSA) is 108 Å². The van der Waals surface area contributed by atoms with Gasteiger partial charge in [-0.1, -0.05) is 12.1 Å². The molecule has 36 heavy (non-hydrogen) atoms. The molecule has 3 N–H and O–H groups in total. The van der Waals surface area contributed by atoms with Gasteiger partial charge < -0.3 is 10.3 Å². The van der Waals surface area contributed by atoms with Gasteiger partial charge in [0, 0.05) is 35.8 Å². The third kappa shape index (κ3) is 3.63. The summed E-state index contributed by atoms with van der Waals surface area (Å²) in [6.07, 6.45) is 6.35. The van der Waals surface area contributed by atoms with Crippen LogP contribution in [-0.2, 0) is 0 Å². The van der Waals surface area contributed by atoms with E-state index in [1.807, 2.05) is 13.8 Å². The number of aromatic amines is 2. The number of aromatic nitrogens is 7. The highest BCUT2D eigenvalue weighted by atomic mass is 19.1. The van der Waals surface area contributed by atoms with Gasteiger partial charge in [-0.15, -0.1) is 0 Å². The van der Waals surface area contributed by atoms with Crippen molar-refractivity contribution in [3.05, 3.63) is 72.8 Å². The van der Waals surface area contributed by atoms with Gasteiger partial charge in [0.2, 0.25) is 0 Å². The molecule has 0 saturated carbocycles. The second kappa shape index (κ2) is 8.49. The minimum absolute atomic E-state index is 0.148. The van der Waals surface area contributed by atoms with E-state index in [2.05, 4.69) is 40.4 Å². The Morgan fingerprint density at radius 3 is 2.61 bits per heavy atom. The van der Waals surface area contributed by atoms with Crippen molar-refractivity contribution in [3.63, 3.8) is 0 Å². The standard InChI is InChI=1S/C26H20F2N8/c1-13(2)32-15-9-14(10-29-11-15)22-21(28)20-19(12-31-22)35-36-25(20)26-33-18-7-8-30-23(24(18)34-26)16-5-3-4-6-17(16)27/h3-13,32H,1-2H3,(H,33,34)(H,35,36). The van der Waals surface area contributed by atoms with Crippen LogP contribution in [0.4, 0.5) is 14.5 Å². The van der Waals surface area contributed by atoms with Crippen LogP contribution in [0.5, 0.6) is 0 Å². The van der Waals surface area contributed by atoms with Crippen LogP contribution in [0.1, 0.15) is 13.8 Å². The number of nitrogens with one attached hydrogen (secondary N) is 3. The zero-order valence-electron chi connectivity index (χ0n) is 19.3. The molecule has 0 atom stereocenters. The normalized spacial score (nSPS) is 11.6. The van der Waals surface area contributed by atoms with Crippen molar-refractivity contribution < 1.29 is 8.78 Å². The van der Waals surface area contributed by atoms with E-state index < -0.39 is 11.6 Å². The number of hydrogen-bond donors (Lipinski definition) is 3. The van der Waals surface area contributed by atoms with E-state index in [-0.39, 0.29) is 22.8 Å². The van der Waals surface area contributed by atoms with Gasteiger partial charge in [0.15, 0.2) is 11.6 Å². The van der Waals surface area contributed by atoms with Gasteiger partial charge in [-0.05, 0) is 38.1 Å². The Morgan fingerprint density at radius 2 is 1.78 bits per heavy atom. The molecule has 0 saturated heterocycles. The predicted octanol–water partition coefficient (Wildman–Crippen LogP) is 5.72. The largest absolute Gasteiger partial charge is 0.382 e. The number of benzene rings is 1. The summed E-state index contributed by atoms with van der Waals surface area (Å²) in [5.74, 6) is -0.629. The lowest BCUT2D eigenvalue weighted by Gasteiger charge is -2.11. The third-order valence-electron chi connectivity index (χ3n) is 5.77. The highest BCUT2D eigenvalue weighted by Crippen LogP contribution is 2.34. The Balaban J connectivity index is 1.50. The maximum atomic E-state index is 15.9.